The number of carbonyl (C=O) groups is 2. The molecular weight excluding hydrogens is 336 g/mol. The molecule has 2 heterocycles. The van der Waals surface area contributed by atoms with Gasteiger partial charge in [-0.2, -0.15) is 0 Å². The number of hydrogen-bond donors (Lipinski definition) is 2. The first-order valence-electron chi connectivity index (χ1n) is 8.15. The number of esters is 1. The van der Waals surface area contributed by atoms with Gasteiger partial charge in [0, 0.05) is 31.2 Å². The molecule has 0 saturated carbocycles. The number of carbonyl (C=O) groups excluding carboxylic acids is 2. The highest BCUT2D eigenvalue weighted by molar-refractivity contribution is 6.08. The maximum atomic E-state index is 12.5. The van der Waals surface area contributed by atoms with Crippen molar-refractivity contribution in [1.82, 2.24) is 14.5 Å². The van der Waals surface area contributed by atoms with Crippen LogP contribution in [0, 0.1) is 0 Å². The number of amides is 1. The van der Waals surface area contributed by atoms with Gasteiger partial charge in [-0.25, -0.2) is 9.78 Å². The molecule has 2 N–H and O–H groups in total. The fraction of sp³-hybridized carbons (Fsp3) is 0.278. The van der Waals surface area contributed by atoms with Gasteiger partial charge in [-0.3, -0.25) is 4.79 Å². The maximum Gasteiger partial charge on any atom is 0.337 e. The molecule has 0 fully saturated rings. The molecule has 1 aromatic heterocycles. The van der Waals surface area contributed by atoms with Gasteiger partial charge < -0.3 is 24.6 Å². The van der Waals surface area contributed by atoms with Gasteiger partial charge in [-0.1, -0.05) is 12.1 Å². The second-order valence-electron chi connectivity index (χ2n) is 5.86. The van der Waals surface area contributed by atoms with Gasteiger partial charge >= 0.3 is 5.97 Å². The topological polar surface area (TPSA) is 96.7 Å². The third-order valence-electron chi connectivity index (χ3n) is 4.07. The Labute approximate surface area is 150 Å². The Morgan fingerprint density at radius 2 is 2.27 bits per heavy atom. The summed E-state index contributed by atoms with van der Waals surface area (Å²) in [6.07, 6.45) is 5.30. The van der Waals surface area contributed by atoms with E-state index in [9.17, 15) is 9.59 Å². The van der Waals surface area contributed by atoms with E-state index >= 15 is 0 Å². The maximum absolute atomic E-state index is 12.5. The molecule has 0 spiro atoms. The molecule has 26 heavy (non-hydrogen) atoms. The zero-order valence-electron chi connectivity index (χ0n) is 14.4. The summed E-state index contributed by atoms with van der Waals surface area (Å²) < 4.78 is 6.71. The van der Waals surface area contributed by atoms with E-state index in [4.69, 9.17) is 9.84 Å². The molecule has 8 heteroatoms. The number of rotatable bonds is 7. The van der Waals surface area contributed by atoms with Crippen molar-refractivity contribution in [2.24, 2.45) is 0 Å². The summed E-state index contributed by atoms with van der Waals surface area (Å²) in [5.41, 5.74) is 2.15. The molecule has 136 valence electrons. The molecule has 3 rings (SSSR count). The Morgan fingerprint density at radius 1 is 1.42 bits per heavy atom. The molecule has 1 amide bonds. The van der Waals surface area contributed by atoms with Gasteiger partial charge in [0.05, 0.1) is 32.2 Å². The average Bonchev–Trinajstić information content (AvgIpc) is 3.25. The minimum atomic E-state index is -0.559. The van der Waals surface area contributed by atoms with Crippen LogP contribution < -0.4 is 5.32 Å². The second kappa shape index (κ2) is 7.83. The number of methoxy groups -OCH3 is 1. The van der Waals surface area contributed by atoms with Crippen LogP contribution in [-0.4, -0.2) is 58.2 Å². The number of aliphatic hydroxyl groups excluding tert-OH is 1. The van der Waals surface area contributed by atoms with Crippen molar-refractivity contribution in [3.63, 3.8) is 0 Å². The van der Waals surface area contributed by atoms with Crippen molar-refractivity contribution < 1.29 is 19.4 Å². The lowest BCUT2D eigenvalue weighted by molar-refractivity contribution is -0.136. The molecule has 0 unspecified atom stereocenters. The van der Waals surface area contributed by atoms with Crippen molar-refractivity contribution in [1.29, 1.82) is 0 Å². The average molecular weight is 356 g/mol. The quantitative estimate of drug-likeness (QED) is 0.706. The Kier molecular flexibility index (Phi) is 5.33. The summed E-state index contributed by atoms with van der Waals surface area (Å²) in [6.45, 7) is 0.741. The van der Waals surface area contributed by atoms with Crippen LogP contribution in [-0.2, 0) is 20.9 Å². The van der Waals surface area contributed by atoms with Crippen molar-refractivity contribution >= 4 is 17.6 Å². The summed E-state index contributed by atoms with van der Waals surface area (Å²) in [5.74, 6) is -0.893. The van der Waals surface area contributed by atoms with E-state index in [1.165, 1.54) is 12.0 Å². The molecule has 1 aliphatic rings. The highest BCUT2D eigenvalue weighted by atomic mass is 16.5. The fourth-order valence-electron chi connectivity index (χ4n) is 2.83. The van der Waals surface area contributed by atoms with E-state index in [1.54, 1.807) is 12.5 Å². The van der Waals surface area contributed by atoms with E-state index in [1.807, 2.05) is 35.0 Å². The standard InChI is InChI=1S/C18H20N4O4/c1-26-18(25)15-11-22(7-8-23)17(24)16(15)20-14-4-2-3-13(9-14)10-21-6-5-19-12-21/h2-6,9,12,20,23H,7-8,10-11H2,1H3. The van der Waals surface area contributed by atoms with E-state index in [0.717, 1.165) is 5.56 Å². The zero-order valence-corrected chi connectivity index (χ0v) is 14.4. The summed E-state index contributed by atoms with van der Waals surface area (Å²) >= 11 is 0. The van der Waals surface area contributed by atoms with Crippen molar-refractivity contribution in [3.05, 3.63) is 59.8 Å². The van der Waals surface area contributed by atoms with Gasteiger partial charge in [0.1, 0.15) is 5.70 Å². The van der Waals surface area contributed by atoms with Gasteiger partial charge in [0.25, 0.3) is 5.91 Å². The number of β-amino-alcohol motifs (C(OH)–C–C–N with tert-alkyl or cyclic N) is 1. The predicted octanol–water partition coefficient (Wildman–Crippen LogP) is 0.605. The minimum absolute atomic E-state index is 0.114. The number of hydrogen-bond acceptors (Lipinski definition) is 6. The third-order valence-corrected chi connectivity index (χ3v) is 4.07. The van der Waals surface area contributed by atoms with Gasteiger partial charge in [0.15, 0.2) is 0 Å². The number of benzene rings is 1. The first kappa shape index (κ1) is 17.7. The van der Waals surface area contributed by atoms with Crippen molar-refractivity contribution in [3.8, 4) is 0 Å². The van der Waals surface area contributed by atoms with Crippen LogP contribution in [0.4, 0.5) is 5.69 Å². The highest BCUT2D eigenvalue weighted by Gasteiger charge is 2.34. The molecule has 1 aromatic carbocycles. The van der Waals surface area contributed by atoms with E-state index < -0.39 is 5.97 Å². The lowest BCUT2D eigenvalue weighted by atomic mass is 10.1. The minimum Gasteiger partial charge on any atom is -0.466 e. The van der Waals surface area contributed by atoms with Gasteiger partial charge in [0.2, 0.25) is 0 Å². The summed E-state index contributed by atoms with van der Waals surface area (Å²) in [5, 5.41) is 12.2. The molecule has 1 aliphatic heterocycles. The van der Waals surface area contributed by atoms with Crippen LogP contribution in [0.1, 0.15) is 5.56 Å². The molecular formula is C18H20N4O4. The van der Waals surface area contributed by atoms with Crippen LogP contribution in [0.3, 0.4) is 0 Å². The van der Waals surface area contributed by atoms with Crippen LogP contribution in [0.2, 0.25) is 0 Å². The summed E-state index contributed by atoms with van der Waals surface area (Å²) in [4.78, 5) is 30.0. The lowest BCUT2D eigenvalue weighted by Crippen LogP contribution is -2.31. The van der Waals surface area contributed by atoms with Crippen LogP contribution in [0.5, 0.6) is 0 Å². The van der Waals surface area contributed by atoms with E-state index in [-0.39, 0.29) is 36.9 Å². The van der Waals surface area contributed by atoms with Crippen LogP contribution in [0.25, 0.3) is 0 Å². The van der Waals surface area contributed by atoms with E-state index in [0.29, 0.717) is 12.2 Å². The Bertz CT molecular complexity index is 829. The molecule has 0 bridgehead atoms. The number of anilines is 1. The molecule has 0 saturated heterocycles. The zero-order chi connectivity index (χ0) is 18.5. The normalized spacial score (nSPS) is 14.1. The van der Waals surface area contributed by atoms with Gasteiger partial charge in [-0.15, -0.1) is 0 Å². The number of imidazole rings is 1. The van der Waals surface area contributed by atoms with E-state index in [2.05, 4.69) is 10.3 Å². The molecule has 0 atom stereocenters. The third kappa shape index (κ3) is 3.75. The van der Waals surface area contributed by atoms with Crippen LogP contribution in [0.15, 0.2) is 54.3 Å². The predicted molar refractivity (Wildman–Crippen MR) is 94.1 cm³/mol. The number of nitrogens with one attached hydrogen (secondary N) is 1. The number of nitrogens with zero attached hydrogens (tertiary/aromatic N) is 3. The smallest absolute Gasteiger partial charge is 0.337 e. The molecule has 2 aromatic rings. The largest absolute Gasteiger partial charge is 0.466 e. The van der Waals surface area contributed by atoms with Crippen LogP contribution >= 0.6 is 0 Å². The Balaban J connectivity index is 1.83. The summed E-state index contributed by atoms with van der Waals surface area (Å²) in [6, 6.07) is 7.57. The summed E-state index contributed by atoms with van der Waals surface area (Å²) in [7, 11) is 1.28. The Morgan fingerprint density at radius 3 is 2.96 bits per heavy atom. The first-order valence-corrected chi connectivity index (χ1v) is 8.15. The molecule has 0 aliphatic carbocycles. The number of aliphatic hydroxyl groups is 1. The Hall–Kier alpha value is -3.13. The fourth-order valence-corrected chi connectivity index (χ4v) is 2.83. The lowest BCUT2D eigenvalue weighted by Gasteiger charge is -2.15. The monoisotopic (exact) mass is 356 g/mol. The molecule has 0 radical (unpaired) electrons. The van der Waals surface area contributed by atoms with Crippen molar-refractivity contribution in [2.45, 2.75) is 6.54 Å². The molecule has 8 nitrogen and oxygen atoms in total. The van der Waals surface area contributed by atoms with Crippen molar-refractivity contribution in [2.75, 3.05) is 32.1 Å². The first-order chi connectivity index (χ1) is 12.6. The number of ether oxygens (including phenoxy) is 1. The SMILES string of the molecule is COC(=O)C1=C(Nc2cccc(Cn3ccnc3)c2)C(=O)N(CCO)C1. The highest BCUT2D eigenvalue weighted by Crippen LogP contribution is 2.23. The number of aromatic nitrogens is 2. The van der Waals surface area contributed by atoms with Gasteiger partial charge in [-0.05, 0) is 17.7 Å². The second-order valence-corrected chi connectivity index (χ2v) is 5.86.